The second-order valence-corrected chi connectivity index (χ2v) is 7.48. The Morgan fingerprint density at radius 2 is 1.88 bits per heavy atom. The van der Waals surface area contributed by atoms with Crippen molar-refractivity contribution >= 4 is 16.9 Å². The molecule has 0 aliphatic heterocycles. The van der Waals surface area contributed by atoms with Crippen LogP contribution in [0.5, 0.6) is 11.5 Å². The Bertz CT molecular complexity index is 1300. The van der Waals surface area contributed by atoms with Crippen LogP contribution in [-0.2, 0) is 29.1 Å². The van der Waals surface area contributed by atoms with Gasteiger partial charge in [-0.1, -0.05) is 24.3 Å². The van der Waals surface area contributed by atoms with E-state index in [1.807, 2.05) is 18.2 Å². The molecule has 170 valence electrons. The minimum atomic E-state index is -0.373. The first-order chi connectivity index (χ1) is 16.0. The fourth-order valence-electron chi connectivity index (χ4n) is 3.70. The van der Waals surface area contributed by atoms with Crippen LogP contribution in [0.15, 0.2) is 65.3 Å². The van der Waals surface area contributed by atoms with Crippen LogP contribution < -0.4 is 15.2 Å². The van der Waals surface area contributed by atoms with Crippen molar-refractivity contribution in [2.75, 3.05) is 14.2 Å². The molecule has 6 nitrogen and oxygen atoms in total. The second kappa shape index (κ2) is 9.75. The van der Waals surface area contributed by atoms with E-state index in [4.69, 9.17) is 24.4 Å². The van der Waals surface area contributed by atoms with Gasteiger partial charge in [-0.25, -0.2) is 4.39 Å². The number of ether oxygens (including phenoxy) is 3. The van der Waals surface area contributed by atoms with E-state index in [1.54, 1.807) is 49.8 Å². The van der Waals surface area contributed by atoms with Crippen molar-refractivity contribution in [3.8, 4) is 22.6 Å². The first kappa shape index (κ1) is 22.4. The molecule has 0 saturated carbocycles. The second-order valence-electron chi connectivity index (χ2n) is 7.48. The number of esters is 1. The van der Waals surface area contributed by atoms with Gasteiger partial charge in [0, 0.05) is 40.3 Å². The summed E-state index contributed by atoms with van der Waals surface area (Å²) >= 11 is 0. The number of benzene rings is 3. The molecular formula is C26H24FNO5. The van der Waals surface area contributed by atoms with Crippen molar-refractivity contribution in [1.29, 1.82) is 0 Å². The van der Waals surface area contributed by atoms with Gasteiger partial charge in [0.25, 0.3) is 0 Å². The highest BCUT2D eigenvalue weighted by Crippen LogP contribution is 2.34. The molecule has 0 spiro atoms. The topological polar surface area (TPSA) is 83.9 Å². The number of furan rings is 1. The number of halogens is 1. The number of carbonyl (C=O) groups is 1. The lowest BCUT2D eigenvalue weighted by Gasteiger charge is -2.14. The average Bonchev–Trinajstić information content (AvgIpc) is 3.31. The quantitative estimate of drug-likeness (QED) is 0.381. The standard InChI is InChI=1S/C26H24FNO5/c1-30-20-7-6-17(12-24(29)31-2)23(13-20)33-15-16-10-18-8-9-32-26(18)22(11-16)21-5-3-4-19(14-28)25(21)27/h3-11,13H,12,14-15,28H2,1-2H3. The van der Waals surface area contributed by atoms with E-state index in [2.05, 4.69) is 0 Å². The summed E-state index contributed by atoms with van der Waals surface area (Å²) in [5.41, 5.74) is 9.21. The largest absolute Gasteiger partial charge is 0.497 e. The minimum absolute atomic E-state index is 0.0684. The average molecular weight is 449 g/mol. The number of hydrogen-bond donors (Lipinski definition) is 1. The normalized spacial score (nSPS) is 10.9. The highest BCUT2D eigenvalue weighted by atomic mass is 19.1. The van der Waals surface area contributed by atoms with Crippen LogP contribution in [0.2, 0.25) is 0 Å². The van der Waals surface area contributed by atoms with Gasteiger partial charge in [0.05, 0.1) is 26.9 Å². The lowest BCUT2D eigenvalue weighted by atomic mass is 9.98. The van der Waals surface area contributed by atoms with Crippen molar-refractivity contribution in [3.05, 3.63) is 83.4 Å². The van der Waals surface area contributed by atoms with Crippen LogP contribution in [0.3, 0.4) is 0 Å². The van der Waals surface area contributed by atoms with Crippen LogP contribution in [0.4, 0.5) is 4.39 Å². The van der Waals surface area contributed by atoms with Crippen LogP contribution in [-0.4, -0.2) is 20.2 Å². The Balaban J connectivity index is 1.70. The first-order valence-electron chi connectivity index (χ1n) is 10.4. The SMILES string of the molecule is COC(=O)Cc1ccc(OC)cc1OCc1cc(-c2cccc(CN)c2F)c2occc2c1. The Morgan fingerprint density at radius 1 is 1.03 bits per heavy atom. The highest BCUT2D eigenvalue weighted by molar-refractivity contribution is 5.93. The molecule has 0 amide bonds. The van der Waals surface area contributed by atoms with Crippen LogP contribution in [0.25, 0.3) is 22.1 Å². The van der Waals surface area contributed by atoms with Gasteiger partial charge < -0.3 is 24.4 Å². The lowest BCUT2D eigenvalue weighted by molar-refractivity contribution is -0.139. The summed E-state index contributed by atoms with van der Waals surface area (Å²) in [4.78, 5) is 11.8. The third-order valence-corrected chi connectivity index (χ3v) is 5.43. The fourth-order valence-corrected chi connectivity index (χ4v) is 3.70. The number of nitrogens with two attached hydrogens (primary N) is 1. The van der Waals surface area contributed by atoms with E-state index < -0.39 is 0 Å². The van der Waals surface area contributed by atoms with Gasteiger partial charge in [-0.15, -0.1) is 0 Å². The van der Waals surface area contributed by atoms with E-state index >= 15 is 4.39 Å². The number of hydrogen-bond acceptors (Lipinski definition) is 6. The summed E-state index contributed by atoms with van der Waals surface area (Å²) in [7, 11) is 2.90. The maximum Gasteiger partial charge on any atom is 0.310 e. The predicted molar refractivity (Wildman–Crippen MR) is 123 cm³/mol. The first-order valence-corrected chi connectivity index (χ1v) is 10.4. The van der Waals surface area contributed by atoms with Gasteiger partial charge in [-0.2, -0.15) is 0 Å². The Hall–Kier alpha value is -3.84. The van der Waals surface area contributed by atoms with Gasteiger partial charge in [-0.05, 0) is 29.8 Å². The van der Waals surface area contributed by atoms with E-state index in [1.165, 1.54) is 7.11 Å². The van der Waals surface area contributed by atoms with E-state index in [0.717, 1.165) is 10.9 Å². The maximum absolute atomic E-state index is 15.1. The maximum atomic E-state index is 15.1. The molecule has 1 heterocycles. The summed E-state index contributed by atoms with van der Waals surface area (Å²) in [6, 6.07) is 16.0. The van der Waals surface area contributed by atoms with E-state index in [0.29, 0.717) is 39.3 Å². The number of fused-ring (bicyclic) bond motifs is 1. The van der Waals surface area contributed by atoms with E-state index in [-0.39, 0.29) is 31.4 Å². The molecule has 4 rings (SSSR count). The molecule has 2 N–H and O–H groups in total. The lowest BCUT2D eigenvalue weighted by Crippen LogP contribution is -2.07. The molecule has 0 radical (unpaired) electrons. The van der Waals surface area contributed by atoms with Crippen molar-refractivity contribution in [2.45, 2.75) is 19.6 Å². The van der Waals surface area contributed by atoms with Crippen LogP contribution in [0.1, 0.15) is 16.7 Å². The minimum Gasteiger partial charge on any atom is -0.497 e. The van der Waals surface area contributed by atoms with Gasteiger partial charge >= 0.3 is 5.97 Å². The number of methoxy groups -OCH3 is 2. The highest BCUT2D eigenvalue weighted by Gasteiger charge is 2.16. The molecule has 0 saturated heterocycles. The van der Waals surface area contributed by atoms with Gasteiger partial charge in [0.15, 0.2) is 0 Å². The van der Waals surface area contributed by atoms with Crippen molar-refractivity contribution in [2.24, 2.45) is 5.73 Å². The number of carbonyl (C=O) groups excluding carboxylic acids is 1. The number of rotatable bonds is 8. The van der Waals surface area contributed by atoms with Crippen LogP contribution in [0, 0.1) is 5.82 Å². The van der Waals surface area contributed by atoms with Crippen molar-refractivity contribution in [3.63, 3.8) is 0 Å². The van der Waals surface area contributed by atoms with Gasteiger partial charge in [-0.3, -0.25) is 4.79 Å². The third kappa shape index (κ3) is 4.68. The van der Waals surface area contributed by atoms with Gasteiger partial charge in [0.2, 0.25) is 0 Å². The van der Waals surface area contributed by atoms with Crippen molar-refractivity contribution < 1.29 is 27.8 Å². The molecule has 0 fully saturated rings. The molecular weight excluding hydrogens is 425 g/mol. The molecule has 0 atom stereocenters. The third-order valence-electron chi connectivity index (χ3n) is 5.43. The zero-order chi connectivity index (χ0) is 23.4. The molecule has 0 aliphatic carbocycles. The monoisotopic (exact) mass is 449 g/mol. The smallest absolute Gasteiger partial charge is 0.310 e. The molecule has 3 aromatic carbocycles. The van der Waals surface area contributed by atoms with E-state index in [9.17, 15) is 4.79 Å². The molecule has 7 heteroatoms. The Labute approximate surface area is 190 Å². The fraction of sp³-hybridized carbons (Fsp3) is 0.192. The zero-order valence-electron chi connectivity index (χ0n) is 18.4. The summed E-state index contributed by atoms with van der Waals surface area (Å²) < 4.78 is 36.8. The summed E-state index contributed by atoms with van der Waals surface area (Å²) in [6.07, 6.45) is 1.64. The van der Waals surface area contributed by atoms with Crippen molar-refractivity contribution in [1.82, 2.24) is 0 Å². The molecule has 0 unspecified atom stereocenters. The summed E-state index contributed by atoms with van der Waals surface area (Å²) in [6.45, 7) is 0.288. The summed E-state index contributed by atoms with van der Waals surface area (Å²) in [5, 5.41) is 0.823. The molecule has 33 heavy (non-hydrogen) atoms. The predicted octanol–water partition coefficient (Wildman–Crippen LogP) is 5.00. The van der Waals surface area contributed by atoms with Gasteiger partial charge in [0.1, 0.15) is 29.5 Å². The summed E-state index contributed by atoms with van der Waals surface area (Å²) in [5.74, 6) is 0.362. The molecule has 0 bridgehead atoms. The Morgan fingerprint density at radius 3 is 2.64 bits per heavy atom. The molecule has 4 aromatic rings. The molecule has 0 aliphatic rings. The molecule has 1 aromatic heterocycles. The van der Waals surface area contributed by atoms with Crippen LogP contribution >= 0.6 is 0 Å². The zero-order valence-corrected chi connectivity index (χ0v) is 18.4. The Kier molecular flexibility index (Phi) is 6.60.